The van der Waals surface area contributed by atoms with Crippen LogP contribution in [0.1, 0.15) is 16.7 Å². The molecular formula is C11H15NO2. The first-order valence-corrected chi connectivity index (χ1v) is 4.52. The van der Waals surface area contributed by atoms with Crippen LogP contribution in [-0.4, -0.2) is 13.1 Å². The minimum absolute atomic E-state index is 0.431. The minimum atomic E-state index is -0.431. The Hall–Kier alpha value is -1.51. The lowest BCUT2D eigenvalue weighted by Crippen LogP contribution is -2.22. The van der Waals surface area contributed by atoms with E-state index in [9.17, 15) is 4.79 Å². The summed E-state index contributed by atoms with van der Waals surface area (Å²) in [6.07, 6.45) is -0.431. The fraction of sp³-hybridized carbons (Fsp3) is 0.364. The third kappa shape index (κ3) is 2.25. The van der Waals surface area contributed by atoms with Crippen LogP contribution >= 0.6 is 0 Å². The van der Waals surface area contributed by atoms with Gasteiger partial charge in [-0.1, -0.05) is 17.7 Å². The molecule has 1 aromatic carbocycles. The summed E-state index contributed by atoms with van der Waals surface area (Å²) < 4.78 is 5.13. The van der Waals surface area contributed by atoms with Crippen molar-refractivity contribution in [3.63, 3.8) is 0 Å². The third-order valence-electron chi connectivity index (χ3n) is 2.00. The molecule has 0 aromatic heterocycles. The van der Waals surface area contributed by atoms with Crippen molar-refractivity contribution in [3.05, 3.63) is 28.8 Å². The van der Waals surface area contributed by atoms with Crippen molar-refractivity contribution in [2.45, 2.75) is 20.8 Å². The van der Waals surface area contributed by atoms with Gasteiger partial charge in [0.2, 0.25) is 0 Å². The Morgan fingerprint density at radius 1 is 1.21 bits per heavy atom. The molecule has 0 aliphatic carbocycles. The lowest BCUT2D eigenvalue weighted by atomic mass is 10.1. The number of amides is 1. The largest absolute Gasteiger partial charge is 0.412 e. The Bertz CT molecular complexity index is 335. The van der Waals surface area contributed by atoms with Crippen LogP contribution < -0.4 is 10.1 Å². The molecule has 76 valence electrons. The van der Waals surface area contributed by atoms with Gasteiger partial charge >= 0.3 is 6.09 Å². The molecule has 1 amide bonds. The van der Waals surface area contributed by atoms with Crippen LogP contribution in [0, 0.1) is 20.8 Å². The van der Waals surface area contributed by atoms with Crippen LogP contribution in [-0.2, 0) is 0 Å². The number of aryl methyl sites for hydroxylation is 3. The molecule has 0 atom stereocenters. The molecule has 0 aliphatic rings. The van der Waals surface area contributed by atoms with E-state index < -0.39 is 6.09 Å². The first kappa shape index (κ1) is 10.6. The van der Waals surface area contributed by atoms with E-state index >= 15 is 0 Å². The quantitative estimate of drug-likeness (QED) is 0.743. The maximum atomic E-state index is 11.0. The number of benzene rings is 1. The predicted octanol–water partition coefficient (Wildman–Crippen LogP) is 2.33. The second kappa shape index (κ2) is 4.13. The van der Waals surface area contributed by atoms with Gasteiger partial charge in [0.25, 0.3) is 0 Å². The molecule has 0 saturated carbocycles. The van der Waals surface area contributed by atoms with Crippen molar-refractivity contribution >= 4 is 6.09 Å². The summed E-state index contributed by atoms with van der Waals surface area (Å²) in [4.78, 5) is 11.0. The van der Waals surface area contributed by atoms with Crippen LogP contribution in [0.25, 0.3) is 0 Å². The summed E-state index contributed by atoms with van der Waals surface area (Å²) >= 11 is 0. The van der Waals surface area contributed by atoms with E-state index in [1.54, 1.807) is 7.05 Å². The number of hydrogen-bond acceptors (Lipinski definition) is 2. The van der Waals surface area contributed by atoms with Gasteiger partial charge in [-0.05, 0) is 31.9 Å². The Kier molecular flexibility index (Phi) is 3.12. The second-order valence-corrected chi connectivity index (χ2v) is 3.37. The Morgan fingerprint density at radius 2 is 1.71 bits per heavy atom. The Labute approximate surface area is 84.1 Å². The third-order valence-corrected chi connectivity index (χ3v) is 2.00. The number of carbonyl (C=O) groups excluding carboxylic acids is 1. The lowest BCUT2D eigenvalue weighted by molar-refractivity contribution is 0.202. The molecule has 0 bridgehead atoms. The number of carbonyl (C=O) groups is 1. The van der Waals surface area contributed by atoms with E-state index in [0.717, 1.165) is 11.1 Å². The zero-order chi connectivity index (χ0) is 10.7. The molecule has 0 heterocycles. The predicted molar refractivity (Wildman–Crippen MR) is 55.7 cm³/mol. The molecule has 1 aromatic rings. The number of nitrogens with one attached hydrogen (secondary N) is 1. The van der Waals surface area contributed by atoms with Gasteiger partial charge in [-0.3, -0.25) is 0 Å². The van der Waals surface area contributed by atoms with Crippen LogP contribution in [0.15, 0.2) is 12.1 Å². The molecule has 1 N–H and O–H groups in total. The van der Waals surface area contributed by atoms with E-state index in [-0.39, 0.29) is 0 Å². The molecule has 0 saturated heterocycles. The van der Waals surface area contributed by atoms with E-state index in [4.69, 9.17) is 4.74 Å². The van der Waals surface area contributed by atoms with Crippen molar-refractivity contribution in [1.82, 2.24) is 5.32 Å². The fourth-order valence-electron chi connectivity index (χ4n) is 1.47. The van der Waals surface area contributed by atoms with E-state index in [2.05, 4.69) is 5.32 Å². The summed E-state index contributed by atoms with van der Waals surface area (Å²) in [5, 5.41) is 2.42. The zero-order valence-corrected chi connectivity index (χ0v) is 8.97. The number of rotatable bonds is 1. The van der Waals surface area contributed by atoms with Crippen molar-refractivity contribution < 1.29 is 9.53 Å². The lowest BCUT2D eigenvalue weighted by Gasteiger charge is -2.10. The molecule has 1 rings (SSSR count). The molecular weight excluding hydrogens is 178 g/mol. The van der Waals surface area contributed by atoms with Crippen molar-refractivity contribution in [2.24, 2.45) is 0 Å². The van der Waals surface area contributed by atoms with Gasteiger partial charge in [0.05, 0.1) is 0 Å². The highest BCUT2D eigenvalue weighted by Gasteiger charge is 2.08. The highest BCUT2D eigenvalue weighted by molar-refractivity contribution is 5.71. The highest BCUT2D eigenvalue weighted by atomic mass is 16.6. The molecule has 0 fully saturated rings. The van der Waals surface area contributed by atoms with Gasteiger partial charge in [-0.2, -0.15) is 0 Å². The molecule has 0 spiro atoms. The Morgan fingerprint density at radius 3 is 2.14 bits per heavy atom. The molecule has 0 radical (unpaired) electrons. The zero-order valence-electron chi connectivity index (χ0n) is 8.97. The van der Waals surface area contributed by atoms with Crippen LogP contribution in [0.4, 0.5) is 4.79 Å². The Balaban J connectivity index is 3.02. The summed E-state index contributed by atoms with van der Waals surface area (Å²) in [5.41, 5.74) is 3.13. The minimum Gasteiger partial charge on any atom is -0.410 e. The van der Waals surface area contributed by atoms with E-state index in [1.165, 1.54) is 5.56 Å². The first-order chi connectivity index (χ1) is 6.54. The van der Waals surface area contributed by atoms with Crippen LogP contribution in [0.5, 0.6) is 5.75 Å². The van der Waals surface area contributed by atoms with Crippen LogP contribution in [0.3, 0.4) is 0 Å². The topological polar surface area (TPSA) is 38.3 Å². The standard InChI is InChI=1S/C11H15NO2/c1-7-5-8(2)10(9(3)6-7)14-11(13)12-4/h5-6H,1-4H3,(H,12,13). The maximum absolute atomic E-state index is 11.0. The van der Waals surface area contributed by atoms with E-state index in [1.807, 2.05) is 32.9 Å². The van der Waals surface area contributed by atoms with Gasteiger partial charge in [-0.15, -0.1) is 0 Å². The number of hydrogen-bond donors (Lipinski definition) is 1. The molecule has 0 unspecified atom stereocenters. The summed E-state index contributed by atoms with van der Waals surface area (Å²) in [5.74, 6) is 0.648. The van der Waals surface area contributed by atoms with Crippen molar-refractivity contribution in [2.75, 3.05) is 7.05 Å². The smallest absolute Gasteiger partial charge is 0.410 e. The molecule has 0 aliphatic heterocycles. The normalized spacial score (nSPS) is 9.71. The van der Waals surface area contributed by atoms with Gasteiger partial charge in [0, 0.05) is 7.05 Å². The molecule has 3 heteroatoms. The summed E-state index contributed by atoms with van der Waals surface area (Å²) in [6, 6.07) is 3.98. The number of ether oxygens (including phenoxy) is 1. The SMILES string of the molecule is CNC(=O)Oc1c(C)cc(C)cc1C. The average molecular weight is 193 g/mol. The maximum Gasteiger partial charge on any atom is 0.412 e. The molecule has 3 nitrogen and oxygen atoms in total. The van der Waals surface area contributed by atoms with Crippen molar-refractivity contribution in [1.29, 1.82) is 0 Å². The van der Waals surface area contributed by atoms with Crippen molar-refractivity contribution in [3.8, 4) is 5.75 Å². The summed E-state index contributed by atoms with van der Waals surface area (Å²) in [7, 11) is 1.54. The highest BCUT2D eigenvalue weighted by Crippen LogP contribution is 2.24. The first-order valence-electron chi connectivity index (χ1n) is 4.52. The average Bonchev–Trinajstić information content (AvgIpc) is 2.10. The van der Waals surface area contributed by atoms with Gasteiger partial charge < -0.3 is 10.1 Å². The second-order valence-electron chi connectivity index (χ2n) is 3.37. The van der Waals surface area contributed by atoms with Gasteiger partial charge in [0.1, 0.15) is 5.75 Å². The van der Waals surface area contributed by atoms with E-state index in [0.29, 0.717) is 5.75 Å². The summed E-state index contributed by atoms with van der Waals surface area (Å²) in [6.45, 7) is 5.88. The molecule has 14 heavy (non-hydrogen) atoms. The van der Waals surface area contributed by atoms with Crippen LogP contribution in [0.2, 0.25) is 0 Å². The monoisotopic (exact) mass is 193 g/mol. The van der Waals surface area contributed by atoms with Gasteiger partial charge in [-0.25, -0.2) is 4.79 Å². The van der Waals surface area contributed by atoms with Gasteiger partial charge in [0.15, 0.2) is 0 Å². The fourth-order valence-corrected chi connectivity index (χ4v) is 1.47.